The van der Waals surface area contributed by atoms with Crippen molar-refractivity contribution in [1.29, 1.82) is 0 Å². The Hall–Kier alpha value is -2.39. The molecule has 1 fully saturated rings. The van der Waals surface area contributed by atoms with Crippen LogP contribution in [-0.2, 0) is 9.59 Å². The summed E-state index contributed by atoms with van der Waals surface area (Å²) in [6, 6.07) is 5.96. The van der Waals surface area contributed by atoms with E-state index in [4.69, 9.17) is 0 Å². The standard InChI is InChI=1S/C16H13FN4O2S2/c17-11-3-1-10(2-4-11)14-15(21-5-6-25-16(21)19-14)18-12(22)7-20-9-24-8-13(20)23/h1-6H,7-9H2,(H,18,22). The Bertz CT molecular complexity index is 951. The van der Waals surface area contributed by atoms with Crippen LogP contribution in [0.4, 0.5) is 10.2 Å². The highest BCUT2D eigenvalue weighted by atomic mass is 32.2. The largest absolute Gasteiger partial charge is 0.323 e. The number of hydrogen-bond donors (Lipinski definition) is 1. The number of nitrogens with zero attached hydrogens (tertiary/aromatic N) is 3. The predicted octanol–water partition coefficient (Wildman–Crippen LogP) is 2.67. The van der Waals surface area contributed by atoms with Gasteiger partial charge in [-0.1, -0.05) is 0 Å². The number of amides is 2. The van der Waals surface area contributed by atoms with Crippen molar-refractivity contribution in [2.75, 3.05) is 23.5 Å². The molecule has 1 N–H and O–H groups in total. The fourth-order valence-electron chi connectivity index (χ4n) is 2.60. The van der Waals surface area contributed by atoms with Gasteiger partial charge < -0.3 is 10.2 Å². The third-order valence-electron chi connectivity index (χ3n) is 3.80. The van der Waals surface area contributed by atoms with E-state index >= 15 is 0 Å². The van der Waals surface area contributed by atoms with Crippen LogP contribution >= 0.6 is 23.1 Å². The zero-order valence-corrected chi connectivity index (χ0v) is 14.6. The van der Waals surface area contributed by atoms with E-state index in [0.717, 1.165) is 4.96 Å². The first-order valence-electron chi connectivity index (χ1n) is 7.48. The van der Waals surface area contributed by atoms with Crippen LogP contribution < -0.4 is 5.32 Å². The highest BCUT2D eigenvalue weighted by Crippen LogP contribution is 2.31. The monoisotopic (exact) mass is 376 g/mol. The van der Waals surface area contributed by atoms with Crippen molar-refractivity contribution in [2.45, 2.75) is 0 Å². The lowest BCUT2D eigenvalue weighted by Crippen LogP contribution is -2.34. The smallest absolute Gasteiger partial charge is 0.245 e. The molecular formula is C16H13FN4O2S2. The van der Waals surface area contributed by atoms with Gasteiger partial charge in [-0.05, 0) is 24.3 Å². The summed E-state index contributed by atoms with van der Waals surface area (Å²) < 4.78 is 15.0. The Balaban J connectivity index is 1.64. The maximum absolute atomic E-state index is 13.2. The molecule has 3 heterocycles. The van der Waals surface area contributed by atoms with Gasteiger partial charge >= 0.3 is 0 Å². The summed E-state index contributed by atoms with van der Waals surface area (Å²) in [7, 11) is 0. The van der Waals surface area contributed by atoms with Gasteiger partial charge in [0, 0.05) is 17.1 Å². The Kier molecular flexibility index (Phi) is 4.18. The van der Waals surface area contributed by atoms with E-state index < -0.39 is 0 Å². The summed E-state index contributed by atoms with van der Waals surface area (Å²) in [5.41, 5.74) is 1.28. The summed E-state index contributed by atoms with van der Waals surface area (Å²) in [4.78, 5) is 30.9. The van der Waals surface area contributed by atoms with Crippen molar-refractivity contribution in [3.05, 3.63) is 41.7 Å². The zero-order valence-electron chi connectivity index (χ0n) is 12.9. The molecule has 4 rings (SSSR count). The van der Waals surface area contributed by atoms with Gasteiger partial charge in [-0.25, -0.2) is 9.37 Å². The van der Waals surface area contributed by atoms with Crippen molar-refractivity contribution in [2.24, 2.45) is 0 Å². The van der Waals surface area contributed by atoms with Crippen LogP contribution in [0.25, 0.3) is 16.2 Å². The van der Waals surface area contributed by atoms with Gasteiger partial charge in [0.2, 0.25) is 11.8 Å². The lowest BCUT2D eigenvalue weighted by atomic mass is 10.1. The Morgan fingerprint density at radius 1 is 1.32 bits per heavy atom. The van der Waals surface area contributed by atoms with E-state index in [2.05, 4.69) is 10.3 Å². The Morgan fingerprint density at radius 3 is 2.84 bits per heavy atom. The van der Waals surface area contributed by atoms with Crippen LogP contribution in [0.15, 0.2) is 35.8 Å². The molecule has 0 atom stereocenters. The number of fused-ring (bicyclic) bond motifs is 1. The Labute approximate surface area is 150 Å². The molecule has 6 nitrogen and oxygen atoms in total. The average molecular weight is 376 g/mol. The second-order valence-corrected chi connectivity index (χ2v) is 7.32. The molecule has 1 aliphatic heterocycles. The fourth-order valence-corrected chi connectivity index (χ4v) is 4.22. The van der Waals surface area contributed by atoms with Gasteiger partial charge in [0.25, 0.3) is 0 Å². The second-order valence-electron chi connectivity index (χ2n) is 5.49. The molecule has 1 saturated heterocycles. The van der Waals surface area contributed by atoms with Gasteiger partial charge in [0.05, 0.1) is 11.6 Å². The topological polar surface area (TPSA) is 66.7 Å². The zero-order chi connectivity index (χ0) is 17.4. The number of benzene rings is 1. The maximum Gasteiger partial charge on any atom is 0.245 e. The number of hydrogen-bond acceptors (Lipinski definition) is 5. The second kappa shape index (κ2) is 6.49. The van der Waals surface area contributed by atoms with E-state index in [1.807, 2.05) is 11.6 Å². The average Bonchev–Trinajstić information content (AvgIpc) is 3.27. The number of nitrogens with one attached hydrogen (secondary N) is 1. The molecule has 0 saturated carbocycles. The SMILES string of the molecule is O=C(CN1CSCC1=O)Nc1c(-c2ccc(F)cc2)nc2sccn12. The van der Waals surface area contributed by atoms with Crippen LogP contribution in [0.1, 0.15) is 0 Å². The molecule has 0 bridgehead atoms. The molecule has 2 amide bonds. The molecule has 2 aromatic heterocycles. The lowest BCUT2D eigenvalue weighted by Gasteiger charge is -2.14. The molecule has 1 aliphatic rings. The quantitative estimate of drug-likeness (QED) is 0.760. The van der Waals surface area contributed by atoms with Gasteiger partial charge in [-0.3, -0.25) is 14.0 Å². The fraction of sp³-hybridized carbons (Fsp3) is 0.188. The first-order chi connectivity index (χ1) is 12.1. The molecule has 0 unspecified atom stereocenters. The number of carbonyl (C=O) groups is 2. The number of anilines is 1. The van der Waals surface area contributed by atoms with Crippen molar-refractivity contribution < 1.29 is 14.0 Å². The number of aromatic nitrogens is 2. The molecule has 0 spiro atoms. The molecule has 1 aromatic carbocycles. The van der Waals surface area contributed by atoms with Gasteiger partial charge in [0.15, 0.2) is 4.96 Å². The molecule has 0 aliphatic carbocycles. The minimum Gasteiger partial charge on any atom is -0.323 e. The van der Waals surface area contributed by atoms with Crippen molar-refractivity contribution in [3.8, 4) is 11.3 Å². The third kappa shape index (κ3) is 3.12. The minimum absolute atomic E-state index is 0.00601. The molecule has 3 aromatic rings. The van der Waals surface area contributed by atoms with Crippen LogP contribution in [0.2, 0.25) is 0 Å². The summed E-state index contributed by atoms with van der Waals surface area (Å²) in [6.45, 7) is 0.00601. The molecule has 9 heteroatoms. The number of halogens is 1. The molecule has 25 heavy (non-hydrogen) atoms. The summed E-state index contributed by atoms with van der Waals surface area (Å²) in [6.07, 6.45) is 1.81. The predicted molar refractivity (Wildman–Crippen MR) is 96.1 cm³/mol. The van der Waals surface area contributed by atoms with Crippen LogP contribution in [-0.4, -0.2) is 44.3 Å². The van der Waals surface area contributed by atoms with E-state index in [0.29, 0.717) is 28.7 Å². The number of rotatable bonds is 4. The number of carbonyl (C=O) groups excluding carboxylic acids is 2. The van der Waals surface area contributed by atoms with Crippen molar-refractivity contribution >= 4 is 45.7 Å². The van der Waals surface area contributed by atoms with Crippen LogP contribution in [0, 0.1) is 5.82 Å². The van der Waals surface area contributed by atoms with E-state index in [1.54, 1.807) is 16.5 Å². The number of thioether (sulfide) groups is 1. The summed E-state index contributed by atoms with van der Waals surface area (Å²) in [5.74, 6) is 0.806. The van der Waals surface area contributed by atoms with Gasteiger partial charge in [-0.15, -0.1) is 23.1 Å². The number of imidazole rings is 1. The summed E-state index contributed by atoms with van der Waals surface area (Å²) >= 11 is 2.93. The minimum atomic E-state index is -0.333. The maximum atomic E-state index is 13.2. The van der Waals surface area contributed by atoms with Crippen LogP contribution in [0.5, 0.6) is 0 Å². The lowest BCUT2D eigenvalue weighted by molar-refractivity contribution is -0.130. The highest BCUT2D eigenvalue weighted by Gasteiger charge is 2.24. The van der Waals surface area contributed by atoms with Crippen LogP contribution in [0.3, 0.4) is 0 Å². The third-order valence-corrected chi connectivity index (χ3v) is 5.50. The van der Waals surface area contributed by atoms with Crippen molar-refractivity contribution in [3.63, 3.8) is 0 Å². The highest BCUT2D eigenvalue weighted by molar-refractivity contribution is 8.00. The molecule has 0 radical (unpaired) electrons. The van der Waals surface area contributed by atoms with E-state index in [1.165, 1.54) is 40.1 Å². The van der Waals surface area contributed by atoms with Gasteiger partial charge in [0.1, 0.15) is 23.9 Å². The molecule has 128 valence electrons. The summed E-state index contributed by atoms with van der Waals surface area (Å²) in [5, 5.41) is 4.72. The van der Waals surface area contributed by atoms with Gasteiger partial charge in [-0.2, -0.15) is 0 Å². The number of thiazole rings is 1. The van der Waals surface area contributed by atoms with E-state index in [-0.39, 0.29) is 24.2 Å². The molecular weight excluding hydrogens is 363 g/mol. The first-order valence-corrected chi connectivity index (χ1v) is 9.52. The Morgan fingerprint density at radius 2 is 2.12 bits per heavy atom. The normalized spacial score (nSPS) is 14.4. The van der Waals surface area contributed by atoms with Crippen molar-refractivity contribution in [1.82, 2.24) is 14.3 Å². The van der Waals surface area contributed by atoms with E-state index in [9.17, 15) is 14.0 Å². The first kappa shape index (κ1) is 16.1.